The van der Waals surface area contributed by atoms with Gasteiger partial charge in [0.05, 0.1) is 30.6 Å². The van der Waals surface area contributed by atoms with Crippen LogP contribution in [0.1, 0.15) is 28.9 Å². The van der Waals surface area contributed by atoms with Crippen molar-refractivity contribution in [3.8, 4) is 0 Å². The number of aliphatic hydroxyl groups is 1. The largest absolute Gasteiger partial charge is 0.478 e. The van der Waals surface area contributed by atoms with Gasteiger partial charge < -0.3 is 19.8 Å². The second kappa shape index (κ2) is 6.67. The van der Waals surface area contributed by atoms with Gasteiger partial charge in [-0.05, 0) is 31.9 Å². The molecule has 2 heterocycles. The van der Waals surface area contributed by atoms with Crippen LogP contribution in [-0.4, -0.2) is 53.6 Å². The number of pyridine rings is 1. The minimum atomic E-state index is -0.947. The molecule has 6 heteroatoms. The van der Waals surface area contributed by atoms with Gasteiger partial charge in [-0.1, -0.05) is 0 Å². The van der Waals surface area contributed by atoms with Crippen LogP contribution in [0.2, 0.25) is 0 Å². The number of aromatic nitrogens is 1. The van der Waals surface area contributed by atoms with Crippen LogP contribution in [-0.2, 0) is 4.74 Å². The summed E-state index contributed by atoms with van der Waals surface area (Å²) in [7, 11) is 0. The van der Waals surface area contributed by atoms with E-state index < -0.39 is 5.97 Å². The fraction of sp³-hybridized carbons (Fsp3) is 0.571. The van der Waals surface area contributed by atoms with E-state index in [0.717, 1.165) is 31.7 Å². The zero-order valence-electron chi connectivity index (χ0n) is 11.6. The Kier molecular flexibility index (Phi) is 4.92. The van der Waals surface area contributed by atoms with E-state index in [9.17, 15) is 4.79 Å². The molecular weight excluding hydrogens is 260 g/mol. The summed E-state index contributed by atoms with van der Waals surface area (Å²) in [5.74, 6) is -0.134. The molecule has 2 rings (SSSR count). The first-order chi connectivity index (χ1) is 9.61. The molecule has 1 aromatic rings. The number of aromatic carboxylic acids is 1. The fourth-order valence-electron chi connectivity index (χ4n) is 2.42. The van der Waals surface area contributed by atoms with Gasteiger partial charge in [-0.15, -0.1) is 0 Å². The van der Waals surface area contributed by atoms with Gasteiger partial charge in [0.25, 0.3) is 0 Å². The summed E-state index contributed by atoms with van der Waals surface area (Å²) in [5.41, 5.74) is 0.781. The van der Waals surface area contributed by atoms with E-state index in [4.69, 9.17) is 14.9 Å². The van der Waals surface area contributed by atoms with Crippen molar-refractivity contribution in [1.82, 2.24) is 4.98 Å². The quantitative estimate of drug-likeness (QED) is 0.839. The third-order valence-corrected chi connectivity index (χ3v) is 3.51. The number of hydrogen-bond donors (Lipinski definition) is 2. The van der Waals surface area contributed by atoms with Crippen molar-refractivity contribution in [3.05, 3.63) is 23.4 Å². The topological polar surface area (TPSA) is 82.9 Å². The Hall–Kier alpha value is -1.66. The highest BCUT2D eigenvalue weighted by Gasteiger charge is 2.21. The number of hydrogen-bond acceptors (Lipinski definition) is 5. The highest BCUT2D eigenvalue weighted by atomic mass is 16.5. The lowest BCUT2D eigenvalue weighted by molar-refractivity contribution is 0.0158. The Morgan fingerprint density at radius 1 is 1.45 bits per heavy atom. The van der Waals surface area contributed by atoms with E-state index in [1.807, 2.05) is 0 Å². The molecule has 0 aliphatic carbocycles. The average Bonchev–Trinajstić information content (AvgIpc) is 2.45. The second-order valence-electron chi connectivity index (χ2n) is 4.89. The Morgan fingerprint density at radius 2 is 2.15 bits per heavy atom. The molecule has 0 unspecified atom stereocenters. The van der Waals surface area contributed by atoms with E-state index in [1.165, 1.54) is 0 Å². The predicted octanol–water partition coefficient (Wildman–Crippen LogP) is 1.07. The molecule has 0 aromatic carbocycles. The standard InChI is InChI=1S/C14H20N2O4/c1-10-12(14(18)19)2-3-13(15-10)16-6-4-11(5-7-16)20-9-8-17/h2-3,11,17H,4-9H2,1H3,(H,18,19). The smallest absolute Gasteiger partial charge is 0.337 e. The van der Waals surface area contributed by atoms with E-state index >= 15 is 0 Å². The first kappa shape index (κ1) is 14.7. The Bertz CT molecular complexity index is 470. The highest BCUT2D eigenvalue weighted by Crippen LogP contribution is 2.21. The molecule has 110 valence electrons. The Morgan fingerprint density at radius 3 is 2.70 bits per heavy atom. The number of carboxylic acids is 1. The molecule has 0 bridgehead atoms. The van der Waals surface area contributed by atoms with Gasteiger partial charge in [-0.25, -0.2) is 9.78 Å². The normalized spacial score (nSPS) is 16.4. The van der Waals surface area contributed by atoms with Crippen molar-refractivity contribution in [2.75, 3.05) is 31.2 Å². The summed E-state index contributed by atoms with van der Waals surface area (Å²) in [6.45, 7) is 3.81. The van der Waals surface area contributed by atoms with Gasteiger partial charge >= 0.3 is 5.97 Å². The number of carbonyl (C=O) groups is 1. The minimum Gasteiger partial charge on any atom is -0.478 e. The number of carboxylic acid groups (broad SMARTS) is 1. The maximum absolute atomic E-state index is 11.0. The van der Waals surface area contributed by atoms with E-state index in [2.05, 4.69) is 9.88 Å². The molecule has 1 aliphatic rings. The van der Waals surface area contributed by atoms with Crippen LogP contribution in [0.3, 0.4) is 0 Å². The minimum absolute atomic E-state index is 0.0532. The summed E-state index contributed by atoms with van der Waals surface area (Å²) in [6.07, 6.45) is 1.97. The third kappa shape index (κ3) is 3.46. The fourth-order valence-corrected chi connectivity index (χ4v) is 2.42. The van der Waals surface area contributed by atoms with Gasteiger partial charge in [0.2, 0.25) is 0 Å². The summed E-state index contributed by atoms with van der Waals surface area (Å²) in [6, 6.07) is 3.36. The van der Waals surface area contributed by atoms with Crippen LogP contribution < -0.4 is 4.90 Å². The lowest BCUT2D eigenvalue weighted by Gasteiger charge is -2.32. The van der Waals surface area contributed by atoms with Crippen LogP contribution in [0.15, 0.2) is 12.1 Å². The number of aliphatic hydroxyl groups excluding tert-OH is 1. The zero-order valence-corrected chi connectivity index (χ0v) is 11.6. The van der Waals surface area contributed by atoms with Crippen molar-refractivity contribution < 1.29 is 19.7 Å². The summed E-state index contributed by atoms with van der Waals surface area (Å²) >= 11 is 0. The Labute approximate surface area is 118 Å². The molecular formula is C14H20N2O4. The Balaban J connectivity index is 1.97. The molecule has 1 saturated heterocycles. The molecule has 0 amide bonds. The molecule has 1 fully saturated rings. The van der Waals surface area contributed by atoms with Gasteiger partial charge in [0.1, 0.15) is 5.82 Å². The monoisotopic (exact) mass is 280 g/mol. The molecule has 1 aliphatic heterocycles. The predicted molar refractivity (Wildman–Crippen MR) is 74.2 cm³/mol. The van der Waals surface area contributed by atoms with Gasteiger partial charge in [0.15, 0.2) is 0 Å². The lowest BCUT2D eigenvalue weighted by Crippen LogP contribution is -2.38. The summed E-state index contributed by atoms with van der Waals surface area (Å²) < 4.78 is 5.52. The van der Waals surface area contributed by atoms with E-state index in [-0.39, 0.29) is 18.3 Å². The number of rotatable bonds is 5. The molecule has 0 saturated carbocycles. The molecule has 0 atom stereocenters. The van der Waals surface area contributed by atoms with Crippen molar-refractivity contribution in [1.29, 1.82) is 0 Å². The number of aryl methyl sites for hydroxylation is 1. The maximum atomic E-state index is 11.0. The SMILES string of the molecule is Cc1nc(N2CCC(OCCO)CC2)ccc1C(=O)O. The lowest BCUT2D eigenvalue weighted by atomic mass is 10.1. The molecule has 1 aromatic heterocycles. The van der Waals surface area contributed by atoms with E-state index in [1.54, 1.807) is 19.1 Å². The van der Waals surface area contributed by atoms with Gasteiger partial charge in [0, 0.05) is 13.1 Å². The van der Waals surface area contributed by atoms with Crippen molar-refractivity contribution >= 4 is 11.8 Å². The average molecular weight is 280 g/mol. The number of piperidine rings is 1. The number of anilines is 1. The first-order valence-electron chi connectivity index (χ1n) is 6.80. The first-order valence-corrected chi connectivity index (χ1v) is 6.80. The number of ether oxygens (including phenoxy) is 1. The molecule has 0 radical (unpaired) electrons. The van der Waals surface area contributed by atoms with Gasteiger partial charge in [-0.3, -0.25) is 0 Å². The summed E-state index contributed by atoms with van der Waals surface area (Å²) in [5, 5.41) is 17.7. The zero-order chi connectivity index (χ0) is 14.5. The van der Waals surface area contributed by atoms with Crippen LogP contribution in [0.4, 0.5) is 5.82 Å². The molecule has 6 nitrogen and oxygen atoms in total. The van der Waals surface area contributed by atoms with Crippen molar-refractivity contribution in [3.63, 3.8) is 0 Å². The second-order valence-corrected chi connectivity index (χ2v) is 4.89. The summed E-state index contributed by atoms with van der Waals surface area (Å²) in [4.78, 5) is 17.5. The third-order valence-electron chi connectivity index (χ3n) is 3.51. The van der Waals surface area contributed by atoms with Gasteiger partial charge in [-0.2, -0.15) is 0 Å². The molecule has 20 heavy (non-hydrogen) atoms. The van der Waals surface area contributed by atoms with Crippen LogP contribution in [0, 0.1) is 6.92 Å². The van der Waals surface area contributed by atoms with Crippen molar-refractivity contribution in [2.24, 2.45) is 0 Å². The van der Waals surface area contributed by atoms with Crippen LogP contribution >= 0.6 is 0 Å². The highest BCUT2D eigenvalue weighted by molar-refractivity contribution is 5.89. The maximum Gasteiger partial charge on any atom is 0.337 e. The van der Waals surface area contributed by atoms with Crippen molar-refractivity contribution in [2.45, 2.75) is 25.9 Å². The molecule has 2 N–H and O–H groups in total. The van der Waals surface area contributed by atoms with E-state index in [0.29, 0.717) is 12.3 Å². The van der Waals surface area contributed by atoms with Crippen LogP contribution in [0.25, 0.3) is 0 Å². The number of nitrogens with zero attached hydrogens (tertiary/aromatic N) is 2. The van der Waals surface area contributed by atoms with Crippen LogP contribution in [0.5, 0.6) is 0 Å². The molecule has 0 spiro atoms.